The fourth-order valence-corrected chi connectivity index (χ4v) is 5.16. The van der Waals surface area contributed by atoms with Gasteiger partial charge in [0.25, 0.3) is 0 Å². The van der Waals surface area contributed by atoms with Gasteiger partial charge in [0.05, 0.1) is 11.7 Å². The van der Waals surface area contributed by atoms with Crippen LogP contribution in [0.5, 0.6) is 0 Å². The van der Waals surface area contributed by atoms with Crippen LogP contribution in [-0.4, -0.2) is 11.5 Å². The van der Waals surface area contributed by atoms with Gasteiger partial charge < -0.3 is 10.6 Å². The average molecular weight is 305 g/mol. The van der Waals surface area contributed by atoms with Crippen molar-refractivity contribution in [1.82, 2.24) is 4.98 Å². The Morgan fingerprint density at radius 3 is 3.05 bits per heavy atom. The second kappa shape index (κ2) is 4.83. The molecule has 20 heavy (non-hydrogen) atoms. The number of fused-ring (bicyclic) bond motifs is 1. The van der Waals surface area contributed by atoms with Crippen molar-refractivity contribution in [3.63, 3.8) is 0 Å². The van der Waals surface area contributed by atoms with Crippen LogP contribution in [0.4, 0.5) is 5.13 Å². The van der Waals surface area contributed by atoms with Gasteiger partial charge in [-0.05, 0) is 43.2 Å². The van der Waals surface area contributed by atoms with E-state index in [1.807, 2.05) is 22.7 Å². The third kappa shape index (κ3) is 2.00. The summed E-state index contributed by atoms with van der Waals surface area (Å²) in [5, 5.41) is 3.39. The maximum Gasteiger partial charge on any atom is 0.186 e. The second-order valence-electron chi connectivity index (χ2n) is 5.70. The Morgan fingerprint density at radius 1 is 1.45 bits per heavy atom. The predicted molar refractivity (Wildman–Crippen MR) is 85.8 cm³/mol. The molecular formula is C15H19N3S2. The van der Waals surface area contributed by atoms with E-state index >= 15 is 0 Å². The van der Waals surface area contributed by atoms with E-state index in [0.717, 1.165) is 13.0 Å². The summed E-state index contributed by atoms with van der Waals surface area (Å²) in [7, 11) is 0. The van der Waals surface area contributed by atoms with Gasteiger partial charge in [0.1, 0.15) is 0 Å². The standard InChI is InChI=1S/C15H19N3S2/c1-9-11-5-7-19-12(11)4-6-18(9)15-17-14(10-2-3-10)13(8-16)20-15/h5,7,9-10H,2-4,6,8,16H2,1H3. The van der Waals surface area contributed by atoms with E-state index < -0.39 is 0 Å². The molecule has 3 nitrogen and oxygen atoms in total. The fourth-order valence-electron chi connectivity index (χ4n) is 3.07. The molecule has 2 aromatic heterocycles. The van der Waals surface area contributed by atoms with Gasteiger partial charge in [-0.15, -0.1) is 22.7 Å². The summed E-state index contributed by atoms with van der Waals surface area (Å²) in [5.74, 6) is 0.690. The largest absolute Gasteiger partial charge is 0.341 e. The smallest absolute Gasteiger partial charge is 0.186 e. The number of thiophene rings is 1. The zero-order chi connectivity index (χ0) is 13.7. The molecule has 0 radical (unpaired) electrons. The van der Waals surface area contributed by atoms with Crippen molar-refractivity contribution in [3.05, 3.63) is 32.5 Å². The van der Waals surface area contributed by atoms with Gasteiger partial charge in [-0.25, -0.2) is 4.98 Å². The van der Waals surface area contributed by atoms with Gasteiger partial charge in [-0.3, -0.25) is 0 Å². The highest BCUT2D eigenvalue weighted by Crippen LogP contribution is 2.45. The van der Waals surface area contributed by atoms with Crippen molar-refractivity contribution in [2.45, 2.75) is 44.7 Å². The number of aromatic nitrogens is 1. The number of nitrogens with zero attached hydrogens (tertiary/aromatic N) is 2. The van der Waals surface area contributed by atoms with Crippen molar-refractivity contribution in [2.24, 2.45) is 5.73 Å². The van der Waals surface area contributed by atoms with Gasteiger partial charge in [0.15, 0.2) is 5.13 Å². The molecule has 2 N–H and O–H groups in total. The van der Waals surface area contributed by atoms with E-state index in [4.69, 9.17) is 10.7 Å². The first-order chi connectivity index (χ1) is 9.78. The summed E-state index contributed by atoms with van der Waals surface area (Å²) in [6, 6.07) is 2.71. The summed E-state index contributed by atoms with van der Waals surface area (Å²) in [4.78, 5) is 10.3. The number of hydrogen-bond donors (Lipinski definition) is 1. The molecule has 1 aliphatic carbocycles. The molecule has 0 saturated heterocycles. The molecule has 4 rings (SSSR count). The molecule has 1 unspecified atom stereocenters. The van der Waals surface area contributed by atoms with Crippen LogP contribution in [0.15, 0.2) is 11.4 Å². The van der Waals surface area contributed by atoms with Gasteiger partial charge in [0.2, 0.25) is 0 Å². The van der Waals surface area contributed by atoms with E-state index in [9.17, 15) is 0 Å². The minimum atomic E-state index is 0.439. The predicted octanol–water partition coefficient (Wildman–Crippen LogP) is 3.66. The Hall–Kier alpha value is -0.910. The van der Waals surface area contributed by atoms with Crippen molar-refractivity contribution in [1.29, 1.82) is 0 Å². The molecule has 3 heterocycles. The third-order valence-electron chi connectivity index (χ3n) is 4.39. The Bertz CT molecular complexity index is 627. The summed E-state index contributed by atoms with van der Waals surface area (Å²) in [6.45, 7) is 4.01. The molecule has 0 bridgehead atoms. The number of thiazole rings is 1. The third-order valence-corrected chi connectivity index (χ3v) is 6.52. The zero-order valence-corrected chi connectivity index (χ0v) is 13.3. The SMILES string of the molecule is CC1c2ccsc2CCN1c1nc(C2CC2)c(CN)s1. The maximum absolute atomic E-state index is 5.91. The first-order valence-corrected chi connectivity index (χ1v) is 9.00. The lowest BCUT2D eigenvalue weighted by Gasteiger charge is -2.33. The maximum atomic E-state index is 5.91. The van der Waals surface area contributed by atoms with Crippen LogP contribution in [0.25, 0.3) is 0 Å². The molecule has 5 heteroatoms. The number of anilines is 1. The summed E-state index contributed by atoms with van der Waals surface area (Å²) in [5.41, 5.74) is 8.68. The van der Waals surface area contributed by atoms with Crippen LogP contribution in [0.1, 0.15) is 52.7 Å². The molecular weight excluding hydrogens is 286 g/mol. The van der Waals surface area contributed by atoms with Gasteiger partial charge in [-0.1, -0.05) is 0 Å². The van der Waals surface area contributed by atoms with Crippen LogP contribution in [0.2, 0.25) is 0 Å². The minimum Gasteiger partial charge on any atom is -0.341 e. The minimum absolute atomic E-state index is 0.439. The van der Waals surface area contributed by atoms with Crippen molar-refractivity contribution in [2.75, 3.05) is 11.4 Å². The molecule has 1 saturated carbocycles. The highest BCUT2D eigenvalue weighted by molar-refractivity contribution is 7.15. The topological polar surface area (TPSA) is 42.2 Å². The summed E-state index contributed by atoms with van der Waals surface area (Å²) in [6.07, 6.45) is 3.73. The Balaban J connectivity index is 1.68. The van der Waals surface area contributed by atoms with Crippen LogP contribution < -0.4 is 10.6 Å². The molecule has 1 fully saturated rings. The summed E-state index contributed by atoms with van der Waals surface area (Å²) >= 11 is 3.70. The Labute approximate surface area is 127 Å². The van der Waals surface area contributed by atoms with E-state index in [1.54, 1.807) is 4.88 Å². The molecule has 0 aromatic carbocycles. The van der Waals surface area contributed by atoms with Gasteiger partial charge >= 0.3 is 0 Å². The van der Waals surface area contributed by atoms with E-state index in [0.29, 0.717) is 18.5 Å². The highest BCUT2D eigenvalue weighted by Gasteiger charge is 2.32. The van der Waals surface area contributed by atoms with Crippen LogP contribution in [0.3, 0.4) is 0 Å². The summed E-state index contributed by atoms with van der Waals surface area (Å²) < 4.78 is 0. The molecule has 2 aromatic rings. The van der Waals surface area contributed by atoms with E-state index in [1.165, 1.54) is 34.1 Å². The Morgan fingerprint density at radius 2 is 2.30 bits per heavy atom. The Kier molecular flexibility index (Phi) is 3.09. The molecule has 1 aliphatic heterocycles. The van der Waals surface area contributed by atoms with E-state index in [2.05, 4.69) is 23.3 Å². The van der Waals surface area contributed by atoms with E-state index in [-0.39, 0.29) is 0 Å². The molecule has 0 amide bonds. The number of nitrogens with two attached hydrogens (primary N) is 1. The van der Waals surface area contributed by atoms with Crippen LogP contribution in [-0.2, 0) is 13.0 Å². The lowest BCUT2D eigenvalue weighted by atomic mass is 10.0. The fraction of sp³-hybridized carbons (Fsp3) is 0.533. The number of hydrogen-bond acceptors (Lipinski definition) is 5. The molecule has 2 aliphatic rings. The van der Waals surface area contributed by atoms with Crippen LogP contribution >= 0.6 is 22.7 Å². The van der Waals surface area contributed by atoms with Gasteiger partial charge in [0, 0.05) is 28.8 Å². The normalized spacial score (nSPS) is 22.1. The van der Waals surface area contributed by atoms with Crippen molar-refractivity contribution >= 4 is 27.8 Å². The average Bonchev–Trinajstić information content (AvgIpc) is 3.03. The van der Waals surface area contributed by atoms with Crippen molar-refractivity contribution < 1.29 is 0 Å². The number of rotatable bonds is 3. The molecule has 1 atom stereocenters. The van der Waals surface area contributed by atoms with Crippen molar-refractivity contribution in [3.8, 4) is 0 Å². The zero-order valence-electron chi connectivity index (χ0n) is 11.6. The lowest BCUT2D eigenvalue weighted by molar-refractivity contribution is 0.630. The lowest BCUT2D eigenvalue weighted by Crippen LogP contribution is -2.32. The molecule has 106 valence electrons. The van der Waals surface area contributed by atoms with Crippen LogP contribution in [0, 0.1) is 0 Å². The highest BCUT2D eigenvalue weighted by atomic mass is 32.1. The first kappa shape index (κ1) is 12.8. The van der Waals surface area contributed by atoms with Gasteiger partial charge in [-0.2, -0.15) is 0 Å². The quantitative estimate of drug-likeness (QED) is 0.941. The molecule has 0 spiro atoms. The second-order valence-corrected chi connectivity index (χ2v) is 7.76. The monoisotopic (exact) mass is 305 g/mol. The first-order valence-electron chi connectivity index (χ1n) is 7.30.